The summed E-state index contributed by atoms with van der Waals surface area (Å²) in [4.78, 5) is 27.3. The SMILES string of the molecule is COc1ccc(CC#Cc2ccc3c(c2)C(=O)/C(=C\c2ccc(Cl)c(F)c2)C(=O)N3C)cc1. The number of fused-ring (bicyclic) bond motifs is 1. The van der Waals surface area contributed by atoms with Gasteiger partial charge in [-0.1, -0.05) is 41.6 Å². The number of Topliss-reactive ketones (excluding diaryl/α,β-unsaturated/α-hetero) is 1. The number of carbonyl (C=O) groups is 2. The minimum atomic E-state index is -0.620. The van der Waals surface area contributed by atoms with Gasteiger partial charge < -0.3 is 9.64 Å². The van der Waals surface area contributed by atoms with Crippen molar-refractivity contribution in [2.75, 3.05) is 19.1 Å². The Bertz CT molecular complexity index is 1350. The minimum Gasteiger partial charge on any atom is -0.497 e. The highest BCUT2D eigenvalue weighted by Gasteiger charge is 2.32. The summed E-state index contributed by atoms with van der Waals surface area (Å²) in [5, 5.41) is -0.0289. The second-order valence-corrected chi connectivity index (χ2v) is 7.89. The highest BCUT2D eigenvalue weighted by molar-refractivity contribution is 6.36. The van der Waals surface area contributed by atoms with E-state index in [-0.39, 0.29) is 10.6 Å². The van der Waals surface area contributed by atoms with Crippen LogP contribution in [0.1, 0.15) is 27.0 Å². The standard InChI is InChI=1S/C27H19ClFNO3/c1-30-25-13-9-18(5-3-4-17-6-10-20(33-2)11-7-17)14-21(25)26(31)22(27(30)32)15-19-8-12-23(28)24(29)16-19/h6-16H,4H2,1-2H3/b22-15+. The Labute approximate surface area is 196 Å². The highest BCUT2D eigenvalue weighted by Crippen LogP contribution is 2.31. The van der Waals surface area contributed by atoms with Crippen molar-refractivity contribution >= 4 is 35.1 Å². The van der Waals surface area contributed by atoms with Gasteiger partial charge in [0.05, 0.1) is 23.4 Å². The zero-order chi connectivity index (χ0) is 23.5. The van der Waals surface area contributed by atoms with Crippen LogP contribution < -0.4 is 9.64 Å². The summed E-state index contributed by atoms with van der Waals surface area (Å²) in [5.41, 5.74) is 2.91. The maximum Gasteiger partial charge on any atom is 0.262 e. The number of methoxy groups -OCH3 is 1. The monoisotopic (exact) mass is 459 g/mol. The summed E-state index contributed by atoms with van der Waals surface area (Å²) in [6, 6.07) is 16.9. The second kappa shape index (κ2) is 9.32. The number of anilines is 1. The first kappa shape index (κ1) is 22.3. The average Bonchev–Trinajstić information content (AvgIpc) is 2.83. The molecule has 33 heavy (non-hydrogen) atoms. The summed E-state index contributed by atoms with van der Waals surface area (Å²) in [7, 11) is 3.21. The van der Waals surface area contributed by atoms with Crippen LogP contribution >= 0.6 is 11.6 Å². The molecule has 0 N–H and O–H groups in total. The molecular formula is C27H19ClFNO3. The molecule has 164 valence electrons. The van der Waals surface area contributed by atoms with Crippen LogP contribution in [-0.2, 0) is 11.2 Å². The van der Waals surface area contributed by atoms with Gasteiger partial charge in [-0.05, 0) is 59.7 Å². The molecule has 0 spiro atoms. The predicted molar refractivity (Wildman–Crippen MR) is 127 cm³/mol. The van der Waals surface area contributed by atoms with E-state index in [9.17, 15) is 14.0 Å². The van der Waals surface area contributed by atoms with Crippen LogP contribution in [0.2, 0.25) is 5.02 Å². The number of carbonyl (C=O) groups excluding carboxylic acids is 2. The van der Waals surface area contributed by atoms with E-state index in [4.69, 9.17) is 16.3 Å². The Balaban J connectivity index is 1.62. The topological polar surface area (TPSA) is 46.6 Å². The van der Waals surface area contributed by atoms with E-state index < -0.39 is 17.5 Å². The van der Waals surface area contributed by atoms with Crippen molar-refractivity contribution in [1.82, 2.24) is 0 Å². The van der Waals surface area contributed by atoms with Crippen LogP contribution in [0.15, 0.2) is 66.2 Å². The lowest BCUT2D eigenvalue weighted by Gasteiger charge is -2.26. The Morgan fingerprint density at radius 2 is 1.82 bits per heavy atom. The number of ether oxygens (including phenoxy) is 1. The summed E-state index contributed by atoms with van der Waals surface area (Å²) in [6.45, 7) is 0. The first-order valence-corrected chi connectivity index (χ1v) is 10.5. The number of rotatable bonds is 3. The number of nitrogens with zero attached hydrogens (tertiary/aromatic N) is 1. The molecule has 0 saturated carbocycles. The van der Waals surface area contributed by atoms with Gasteiger partial charge in [-0.3, -0.25) is 9.59 Å². The van der Waals surface area contributed by atoms with E-state index in [0.29, 0.717) is 28.8 Å². The molecule has 4 rings (SSSR count). The van der Waals surface area contributed by atoms with Crippen molar-refractivity contribution in [2.45, 2.75) is 6.42 Å². The van der Waals surface area contributed by atoms with Gasteiger partial charge in [0.2, 0.25) is 5.78 Å². The van der Waals surface area contributed by atoms with E-state index in [2.05, 4.69) is 11.8 Å². The van der Waals surface area contributed by atoms with Gasteiger partial charge in [-0.15, -0.1) is 0 Å². The Hall–Kier alpha value is -3.88. The number of likely N-dealkylation sites (N-methyl/N-ethyl adjacent to an activating group) is 1. The maximum atomic E-state index is 13.8. The number of amides is 1. The summed E-state index contributed by atoms with van der Waals surface area (Å²) >= 11 is 5.73. The molecule has 0 unspecified atom stereocenters. The fourth-order valence-corrected chi connectivity index (χ4v) is 3.63. The largest absolute Gasteiger partial charge is 0.497 e. The maximum absolute atomic E-state index is 13.8. The summed E-state index contributed by atoms with van der Waals surface area (Å²) < 4.78 is 19.0. The highest BCUT2D eigenvalue weighted by atomic mass is 35.5. The Morgan fingerprint density at radius 1 is 1.06 bits per heavy atom. The van der Waals surface area contributed by atoms with E-state index in [0.717, 1.165) is 11.3 Å². The lowest BCUT2D eigenvalue weighted by molar-refractivity contribution is -0.114. The van der Waals surface area contributed by atoms with Crippen molar-refractivity contribution in [3.05, 3.63) is 99.3 Å². The van der Waals surface area contributed by atoms with Crippen LogP contribution in [0.3, 0.4) is 0 Å². The molecule has 0 aliphatic carbocycles. The second-order valence-electron chi connectivity index (χ2n) is 7.48. The van der Waals surface area contributed by atoms with E-state index in [1.165, 1.54) is 23.1 Å². The van der Waals surface area contributed by atoms with Gasteiger partial charge in [0, 0.05) is 24.6 Å². The van der Waals surface area contributed by atoms with Gasteiger partial charge in [0.1, 0.15) is 11.6 Å². The van der Waals surface area contributed by atoms with Crippen LogP contribution in [0.4, 0.5) is 10.1 Å². The molecule has 1 heterocycles. The summed E-state index contributed by atoms with van der Waals surface area (Å²) in [5.74, 6) is 5.46. The molecule has 4 nitrogen and oxygen atoms in total. The molecule has 0 fully saturated rings. The van der Waals surface area contributed by atoms with Gasteiger partial charge in [0.25, 0.3) is 5.91 Å². The zero-order valence-electron chi connectivity index (χ0n) is 18.0. The van der Waals surface area contributed by atoms with Crippen molar-refractivity contribution in [3.63, 3.8) is 0 Å². The van der Waals surface area contributed by atoms with Gasteiger partial charge >= 0.3 is 0 Å². The first-order valence-electron chi connectivity index (χ1n) is 10.1. The molecule has 1 aliphatic heterocycles. The van der Waals surface area contributed by atoms with Crippen molar-refractivity contribution in [3.8, 4) is 17.6 Å². The van der Waals surface area contributed by atoms with Crippen LogP contribution in [0, 0.1) is 17.7 Å². The molecule has 3 aromatic rings. The smallest absolute Gasteiger partial charge is 0.262 e. The third-order valence-corrected chi connectivity index (χ3v) is 5.63. The molecule has 0 atom stereocenters. The van der Waals surface area contributed by atoms with E-state index in [1.807, 2.05) is 24.3 Å². The number of hydrogen-bond acceptors (Lipinski definition) is 3. The van der Waals surface area contributed by atoms with Crippen molar-refractivity contribution in [2.24, 2.45) is 0 Å². The van der Waals surface area contributed by atoms with E-state index >= 15 is 0 Å². The normalized spacial score (nSPS) is 14.1. The average molecular weight is 460 g/mol. The van der Waals surface area contributed by atoms with Crippen molar-refractivity contribution < 1.29 is 18.7 Å². The zero-order valence-corrected chi connectivity index (χ0v) is 18.7. The molecule has 3 aromatic carbocycles. The van der Waals surface area contributed by atoms with Gasteiger partial charge in [-0.2, -0.15) is 0 Å². The quantitative estimate of drug-likeness (QED) is 0.302. The Morgan fingerprint density at radius 3 is 2.52 bits per heavy atom. The number of halogens is 2. The Kier molecular flexibility index (Phi) is 6.30. The molecule has 0 radical (unpaired) electrons. The molecule has 1 aliphatic rings. The van der Waals surface area contributed by atoms with Crippen LogP contribution in [0.5, 0.6) is 5.75 Å². The van der Waals surface area contributed by atoms with Crippen LogP contribution in [-0.4, -0.2) is 25.8 Å². The lowest BCUT2D eigenvalue weighted by Crippen LogP contribution is -2.36. The van der Waals surface area contributed by atoms with Gasteiger partial charge in [-0.25, -0.2) is 4.39 Å². The van der Waals surface area contributed by atoms with Crippen LogP contribution in [0.25, 0.3) is 6.08 Å². The lowest BCUT2D eigenvalue weighted by atomic mass is 9.92. The fourth-order valence-electron chi connectivity index (χ4n) is 3.51. The van der Waals surface area contributed by atoms with E-state index in [1.54, 1.807) is 38.4 Å². The first-order chi connectivity index (χ1) is 15.9. The summed E-state index contributed by atoms with van der Waals surface area (Å²) in [6.07, 6.45) is 1.92. The number of hydrogen-bond donors (Lipinski definition) is 0. The molecule has 0 bridgehead atoms. The van der Waals surface area contributed by atoms with Gasteiger partial charge in [0.15, 0.2) is 0 Å². The molecule has 1 amide bonds. The third kappa shape index (κ3) is 4.67. The molecule has 6 heteroatoms. The predicted octanol–water partition coefficient (Wildman–Crippen LogP) is 5.32. The fraction of sp³-hybridized carbons (Fsp3) is 0.111. The number of ketones is 1. The van der Waals surface area contributed by atoms with Crippen molar-refractivity contribution in [1.29, 1.82) is 0 Å². The minimum absolute atomic E-state index is 0.0289. The molecular weight excluding hydrogens is 441 g/mol. The molecule has 0 aromatic heterocycles. The number of benzene rings is 3. The molecule has 0 saturated heterocycles. The third-order valence-electron chi connectivity index (χ3n) is 5.32.